The number of ether oxygens (including phenoxy) is 2. The second-order valence-electron chi connectivity index (χ2n) is 5.72. The van der Waals surface area contributed by atoms with Gasteiger partial charge in [0.1, 0.15) is 28.5 Å². The number of aliphatic carboxylic acids is 1. The lowest BCUT2D eigenvalue weighted by Gasteiger charge is -2.07. The van der Waals surface area contributed by atoms with Crippen molar-refractivity contribution < 1.29 is 24.2 Å². The van der Waals surface area contributed by atoms with Crippen LogP contribution in [0.25, 0.3) is 10.2 Å². The Balaban J connectivity index is 2.02. The molecule has 0 amide bonds. The highest BCUT2D eigenvalue weighted by atomic mass is 32.1. The van der Waals surface area contributed by atoms with Gasteiger partial charge in [0.05, 0.1) is 12.0 Å². The highest BCUT2D eigenvalue weighted by molar-refractivity contribution is 7.20. The molecule has 0 radical (unpaired) electrons. The van der Waals surface area contributed by atoms with Crippen molar-refractivity contribution in [3.05, 3.63) is 16.8 Å². The molecule has 2 aromatic heterocycles. The van der Waals surface area contributed by atoms with E-state index >= 15 is 0 Å². The van der Waals surface area contributed by atoms with E-state index in [1.165, 1.54) is 17.7 Å². The van der Waals surface area contributed by atoms with Crippen LogP contribution in [0.5, 0.6) is 0 Å². The lowest BCUT2D eigenvalue weighted by molar-refractivity contribution is -0.137. The van der Waals surface area contributed by atoms with Gasteiger partial charge in [0, 0.05) is 20.1 Å². The molecular formula is C17H23N3O5S. The Bertz CT molecular complexity index is 762. The summed E-state index contributed by atoms with van der Waals surface area (Å²) in [5.74, 6) is -0.477. The molecule has 9 heteroatoms. The predicted octanol–water partition coefficient (Wildman–Crippen LogP) is 2.86. The molecule has 0 atom stereocenters. The summed E-state index contributed by atoms with van der Waals surface area (Å²) < 4.78 is 10.1. The third-order valence-electron chi connectivity index (χ3n) is 3.79. The van der Waals surface area contributed by atoms with Crippen LogP contribution in [0, 0.1) is 6.92 Å². The number of aryl methyl sites for hydroxylation is 1. The van der Waals surface area contributed by atoms with E-state index in [1.807, 2.05) is 6.92 Å². The first kappa shape index (κ1) is 20.1. The molecule has 0 aliphatic carbocycles. The van der Waals surface area contributed by atoms with Crippen molar-refractivity contribution in [1.82, 2.24) is 9.97 Å². The summed E-state index contributed by atoms with van der Waals surface area (Å²) in [6, 6.07) is 0. The second-order valence-corrected chi connectivity index (χ2v) is 6.72. The highest BCUT2D eigenvalue weighted by Crippen LogP contribution is 2.33. The van der Waals surface area contributed by atoms with E-state index in [2.05, 4.69) is 15.3 Å². The van der Waals surface area contributed by atoms with Gasteiger partial charge in [0.15, 0.2) is 0 Å². The molecule has 0 saturated heterocycles. The monoisotopic (exact) mass is 381 g/mol. The fraction of sp³-hybridized carbons (Fsp3) is 0.529. The molecule has 0 aromatic carbocycles. The van der Waals surface area contributed by atoms with Gasteiger partial charge in [-0.05, 0) is 25.3 Å². The van der Waals surface area contributed by atoms with E-state index in [1.54, 1.807) is 7.11 Å². The largest absolute Gasteiger partial charge is 0.481 e. The molecule has 2 rings (SSSR count). The first-order valence-electron chi connectivity index (χ1n) is 8.40. The summed E-state index contributed by atoms with van der Waals surface area (Å²) >= 11 is 1.28. The van der Waals surface area contributed by atoms with Gasteiger partial charge in [-0.3, -0.25) is 4.79 Å². The summed E-state index contributed by atoms with van der Waals surface area (Å²) in [6.45, 7) is 3.09. The summed E-state index contributed by atoms with van der Waals surface area (Å²) in [5, 5.41) is 12.7. The Kier molecular flexibility index (Phi) is 7.73. The maximum Gasteiger partial charge on any atom is 0.348 e. The van der Waals surface area contributed by atoms with Gasteiger partial charge in [0.25, 0.3) is 0 Å². The number of thiophene rings is 1. The van der Waals surface area contributed by atoms with Crippen molar-refractivity contribution >= 4 is 39.3 Å². The van der Waals surface area contributed by atoms with Gasteiger partial charge in [-0.2, -0.15) is 0 Å². The number of anilines is 1. The highest BCUT2D eigenvalue weighted by Gasteiger charge is 2.20. The fourth-order valence-corrected chi connectivity index (χ4v) is 3.51. The number of hydrogen-bond acceptors (Lipinski definition) is 8. The Morgan fingerprint density at radius 1 is 1.23 bits per heavy atom. The molecule has 0 fully saturated rings. The SMILES string of the molecule is COCCOC(=O)c1sc2ncnc(NCCCCCC(=O)O)c2c1C. The summed E-state index contributed by atoms with van der Waals surface area (Å²) in [4.78, 5) is 32.5. The number of nitrogens with zero attached hydrogens (tertiary/aromatic N) is 2. The Labute approximate surface area is 155 Å². The number of aromatic nitrogens is 2. The van der Waals surface area contributed by atoms with E-state index in [-0.39, 0.29) is 19.0 Å². The summed E-state index contributed by atoms with van der Waals surface area (Å²) in [6.07, 6.45) is 3.98. The van der Waals surface area contributed by atoms with Crippen molar-refractivity contribution in [3.63, 3.8) is 0 Å². The third-order valence-corrected chi connectivity index (χ3v) is 4.97. The van der Waals surface area contributed by atoms with Crippen LogP contribution in [0.4, 0.5) is 5.82 Å². The molecule has 8 nitrogen and oxygen atoms in total. The molecular weight excluding hydrogens is 358 g/mol. The lowest BCUT2D eigenvalue weighted by Crippen LogP contribution is -2.09. The maximum absolute atomic E-state index is 12.2. The van der Waals surface area contributed by atoms with Crippen LogP contribution in [0.3, 0.4) is 0 Å². The maximum atomic E-state index is 12.2. The molecule has 0 aliphatic heterocycles. The molecule has 26 heavy (non-hydrogen) atoms. The molecule has 0 unspecified atom stereocenters. The molecule has 0 bridgehead atoms. The van der Waals surface area contributed by atoms with Gasteiger partial charge >= 0.3 is 11.9 Å². The summed E-state index contributed by atoms with van der Waals surface area (Å²) in [7, 11) is 1.55. The number of carboxylic acid groups (broad SMARTS) is 1. The number of nitrogens with one attached hydrogen (secondary N) is 1. The van der Waals surface area contributed by atoms with Crippen LogP contribution >= 0.6 is 11.3 Å². The van der Waals surface area contributed by atoms with Crippen LogP contribution in [-0.4, -0.2) is 53.9 Å². The smallest absolute Gasteiger partial charge is 0.348 e. The van der Waals surface area contributed by atoms with Crippen LogP contribution in [0.15, 0.2) is 6.33 Å². The van der Waals surface area contributed by atoms with E-state index in [0.29, 0.717) is 30.3 Å². The fourth-order valence-electron chi connectivity index (χ4n) is 2.47. The average molecular weight is 381 g/mol. The average Bonchev–Trinajstić information content (AvgIpc) is 2.95. The molecule has 0 spiro atoms. The molecule has 142 valence electrons. The van der Waals surface area contributed by atoms with Crippen LogP contribution < -0.4 is 5.32 Å². The standard InChI is InChI=1S/C17H23N3O5S/c1-11-13-15(18-7-5-3-4-6-12(21)22)19-10-20-16(13)26-14(11)17(23)25-9-8-24-2/h10H,3-9H2,1-2H3,(H,21,22)(H,18,19,20). The minimum atomic E-state index is -0.769. The van der Waals surface area contributed by atoms with Gasteiger partial charge in [-0.15, -0.1) is 11.3 Å². The summed E-state index contributed by atoms with van der Waals surface area (Å²) in [5.41, 5.74) is 0.793. The Morgan fingerprint density at radius 3 is 2.77 bits per heavy atom. The van der Waals surface area contributed by atoms with Gasteiger partial charge in [-0.25, -0.2) is 14.8 Å². The normalized spacial score (nSPS) is 10.8. The van der Waals surface area contributed by atoms with E-state index in [4.69, 9.17) is 14.6 Å². The van der Waals surface area contributed by atoms with E-state index in [9.17, 15) is 9.59 Å². The van der Waals surface area contributed by atoms with Crippen molar-refractivity contribution in [2.45, 2.75) is 32.6 Å². The van der Waals surface area contributed by atoms with Gasteiger partial charge in [-0.1, -0.05) is 6.42 Å². The number of unbranched alkanes of at least 4 members (excludes halogenated alkanes) is 2. The lowest BCUT2D eigenvalue weighted by atomic mass is 10.2. The Morgan fingerprint density at radius 2 is 2.04 bits per heavy atom. The topological polar surface area (TPSA) is 111 Å². The van der Waals surface area contributed by atoms with E-state index in [0.717, 1.165) is 28.6 Å². The van der Waals surface area contributed by atoms with Gasteiger partial charge in [0.2, 0.25) is 0 Å². The third kappa shape index (κ3) is 5.37. The first-order valence-corrected chi connectivity index (χ1v) is 9.22. The number of methoxy groups -OCH3 is 1. The van der Waals surface area contributed by atoms with Gasteiger partial charge < -0.3 is 19.9 Å². The number of carbonyl (C=O) groups excluding carboxylic acids is 1. The van der Waals surface area contributed by atoms with Crippen molar-refractivity contribution in [3.8, 4) is 0 Å². The molecule has 2 aromatic rings. The number of carbonyl (C=O) groups is 2. The minimum absolute atomic E-state index is 0.190. The van der Waals surface area contributed by atoms with Crippen LogP contribution in [0.2, 0.25) is 0 Å². The zero-order valence-corrected chi connectivity index (χ0v) is 15.7. The zero-order chi connectivity index (χ0) is 18.9. The number of carboxylic acids is 1. The van der Waals surface area contributed by atoms with Crippen molar-refractivity contribution in [2.24, 2.45) is 0 Å². The molecule has 0 aliphatic rings. The van der Waals surface area contributed by atoms with E-state index < -0.39 is 5.97 Å². The number of rotatable bonds is 11. The molecule has 2 heterocycles. The number of fused-ring (bicyclic) bond motifs is 1. The zero-order valence-electron chi connectivity index (χ0n) is 14.9. The molecule has 2 N–H and O–H groups in total. The van der Waals surface area contributed by atoms with Crippen LogP contribution in [0.1, 0.15) is 40.9 Å². The predicted molar refractivity (Wildman–Crippen MR) is 98.9 cm³/mol. The first-order chi connectivity index (χ1) is 12.5. The minimum Gasteiger partial charge on any atom is -0.481 e. The Hall–Kier alpha value is -2.26. The number of esters is 1. The van der Waals surface area contributed by atoms with Crippen molar-refractivity contribution in [2.75, 3.05) is 32.2 Å². The van der Waals surface area contributed by atoms with Crippen LogP contribution in [-0.2, 0) is 14.3 Å². The molecule has 0 saturated carbocycles. The second kappa shape index (κ2) is 10.0. The number of hydrogen-bond donors (Lipinski definition) is 2. The van der Waals surface area contributed by atoms with Crippen molar-refractivity contribution in [1.29, 1.82) is 0 Å². The quantitative estimate of drug-likeness (QED) is 0.451.